The number of hydrogen-bond acceptors (Lipinski definition) is 4. The number of nitrogens with zero attached hydrogens (tertiary/aromatic N) is 1. The number of nitrogens with one attached hydrogen (secondary N) is 1. The van der Waals surface area contributed by atoms with Crippen molar-refractivity contribution in [3.05, 3.63) is 59.1 Å². The van der Waals surface area contributed by atoms with Gasteiger partial charge in [-0.25, -0.2) is 8.42 Å². The monoisotopic (exact) mass is 478 g/mol. The minimum absolute atomic E-state index is 0.0404. The van der Waals surface area contributed by atoms with Crippen LogP contribution in [-0.4, -0.2) is 44.9 Å². The topological polar surface area (TPSA) is 75.7 Å². The molecule has 0 unspecified atom stereocenters. The normalized spacial score (nSPS) is 15.3. The summed E-state index contributed by atoms with van der Waals surface area (Å²) in [7, 11) is -2.46. The Morgan fingerprint density at radius 2 is 1.78 bits per heavy atom. The third kappa shape index (κ3) is 6.70. The predicted molar refractivity (Wildman–Crippen MR) is 127 cm³/mol. The van der Waals surface area contributed by atoms with E-state index in [-0.39, 0.29) is 35.0 Å². The third-order valence-corrected chi connectivity index (χ3v) is 7.93. The van der Waals surface area contributed by atoms with Crippen molar-refractivity contribution in [2.45, 2.75) is 55.9 Å². The first kappa shape index (κ1) is 24.6. The number of halogens is 1. The molecule has 2 aromatic rings. The highest BCUT2D eigenvalue weighted by atomic mass is 35.5. The number of amides is 1. The predicted octanol–water partition coefficient (Wildman–Crippen LogP) is 4.42. The molecule has 0 heterocycles. The Hall–Kier alpha value is -2.09. The number of rotatable bonds is 9. The largest absolute Gasteiger partial charge is 0.495 e. The Labute approximate surface area is 196 Å². The van der Waals surface area contributed by atoms with E-state index < -0.39 is 10.0 Å². The van der Waals surface area contributed by atoms with Crippen LogP contribution < -0.4 is 10.1 Å². The summed E-state index contributed by atoms with van der Waals surface area (Å²) in [5.41, 5.74) is 1.00. The molecule has 2 aromatic carbocycles. The SMILES string of the molecule is COc1ccc(S(=O)(=O)N(CCc2ccccc2)CC(=O)NC2CCCCCC2)cc1Cl. The maximum atomic E-state index is 13.4. The molecule has 1 saturated carbocycles. The van der Waals surface area contributed by atoms with Crippen molar-refractivity contribution in [2.24, 2.45) is 0 Å². The van der Waals surface area contributed by atoms with Gasteiger partial charge in [-0.1, -0.05) is 67.6 Å². The molecule has 6 nitrogen and oxygen atoms in total. The molecular formula is C24H31ClN2O4S. The van der Waals surface area contributed by atoms with E-state index in [0.717, 1.165) is 31.2 Å². The van der Waals surface area contributed by atoms with Gasteiger partial charge in [0.05, 0.1) is 23.6 Å². The lowest BCUT2D eigenvalue weighted by molar-refractivity contribution is -0.122. The second kappa shape index (κ2) is 11.7. The standard InChI is InChI=1S/C24H31ClN2O4S/c1-31-23-14-13-21(17-22(23)25)32(29,30)27(16-15-19-9-5-4-6-10-19)18-24(28)26-20-11-7-2-3-8-12-20/h4-6,9-10,13-14,17,20H,2-3,7-8,11-12,15-16,18H2,1H3,(H,26,28). The van der Waals surface area contributed by atoms with Gasteiger partial charge in [-0.2, -0.15) is 4.31 Å². The first-order valence-corrected chi connectivity index (χ1v) is 12.9. The van der Waals surface area contributed by atoms with Gasteiger partial charge in [-0.05, 0) is 43.0 Å². The summed E-state index contributed by atoms with van der Waals surface area (Å²) in [6, 6.07) is 14.1. The molecule has 3 rings (SSSR count). The molecule has 0 saturated heterocycles. The smallest absolute Gasteiger partial charge is 0.243 e. The van der Waals surface area contributed by atoms with Crippen LogP contribution in [0.1, 0.15) is 44.1 Å². The molecule has 1 amide bonds. The van der Waals surface area contributed by atoms with E-state index >= 15 is 0 Å². The summed E-state index contributed by atoms with van der Waals surface area (Å²) in [5.74, 6) is 0.126. The number of ether oxygens (including phenoxy) is 1. The van der Waals surface area contributed by atoms with Gasteiger partial charge in [-0.15, -0.1) is 0 Å². The molecule has 174 valence electrons. The Morgan fingerprint density at radius 1 is 1.09 bits per heavy atom. The van der Waals surface area contributed by atoms with Crippen molar-refractivity contribution in [2.75, 3.05) is 20.2 Å². The van der Waals surface area contributed by atoms with E-state index in [0.29, 0.717) is 12.2 Å². The Balaban J connectivity index is 1.78. The van der Waals surface area contributed by atoms with Crippen LogP contribution in [0.25, 0.3) is 0 Å². The van der Waals surface area contributed by atoms with Crippen molar-refractivity contribution in [3.8, 4) is 5.75 Å². The Kier molecular flexibility index (Phi) is 8.96. The molecule has 0 aromatic heterocycles. The average molecular weight is 479 g/mol. The summed E-state index contributed by atoms with van der Waals surface area (Å²) < 4.78 is 33.2. The highest BCUT2D eigenvalue weighted by Gasteiger charge is 2.28. The van der Waals surface area contributed by atoms with Gasteiger partial charge in [0.2, 0.25) is 15.9 Å². The van der Waals surface area contributed by atoms with Crippen LogP contribution in [0, 0.1) is 0 Å². The molecule has 1 fully saturated rings. The minimum atomic E-state index is -3.93. The van der Waals surface area contributed by atoms with Crippen LogP contribution in [0.5, 0.6) is 5.75 Å². The summed E-state index contributed by atoms with van der Waals surface area (Å²) in [4.78, 5) is 12.9. The van der Waals surface area contributed by atoms with E-state index in [9.17, 15) is 13.2 Å². The summed E-state index contributed by atoms with van der Waals surface area (Å²) in [5, 5.41) is 3.26. The van der Waals surface area contributed by atoms with Gasteiger partial charge in [0, 0.05) is 12.6 Å². The van der Waals surface area contributed by atoms with Crippen molar-refractivity contribution in [1.29, 1.82) is 0 Å². The van der Waals surface area contributed by atoms with Gasteiger partial charge < -0.3 is 10.1 Å². The number of methoxy groups -OCH3 is 1. The molecule has 1 N–H and O–H groups in total. The lowest BCUT2D eigenvalue weighted by Gasteiger charge is -2.24. The van der Waals surface area contributed by atoms with Crippen molar-refractivity contribution in [1.82, 2.24) is 9.62 Å². The zero-order valence-electron chi connectivity index (χ0n) is 18.4. The van der Waals surface area contributed by atoms with Crippen LogP contribution in [0.15, 0.2) is 53.4 Å². The molecular weight excluding hydrogens is 448 g/mol. The lowest BCUT2D eigenvalue weighted by Crippen LogP contribution is -2.44. The van der Waals surface area contributed by atoms with E-state index in [1.807, 2.05) is 30.3 Å². The molecule has 0 radical (unpaired) electrons. The minimum Gasteiger partial charge on any atom is -0.495 e. The maximum absolute atomic E-state index is 13.4. The van der Waals surface area contributed by atoms with Crippen molar-refractivity contribution < 1.29 is 17.9 Å². The molecule has 1 aliphatic carbocycles. The molecule has 1 aliphatic rings. The molecule has 0 aliphatic heterocycles. The van der Waals surface area contributed by atoms with Gasteiger partial charge in [0.25, 0.3) is 0 Å². The van der Waals surface area contributed by atoms with E-state index in [2.05, 4.69) is 5.32 Å². The van der Waals surface area contributed by atoms with Gasteiger partial charge in [-0.3, -0.25) is 4.79 Å². The summed E-state index contributed by atoms with van der Waals surface area (Å²) >= 11 is 6.18. The first-order valence-electron chi connectivity index (χ1n) is 11.1. The Bertz CT molecular complexity index is 990. The van der Waals surface area contributed by atoms with Gasteiger partial charge >= 0.3 is 0 Å². The van der Waals surface area contributed by atoms with E-state index in [1.54, 1.807) is 0 Å². The highest BCUT2D eigenvalue weighted by Crippen LogP contribution is 2.28. The fourth-order valence-corrected chi connectivity index (χ4v) is 5.74. The van der Waals surface area contributed by atoms with Crippen LogP contribution in [0.2, 0.25) is 5.02 Å². The second-order valence-electron chi connectivity index (χ2n) is 8.13. The van der Waals surface area contributed by atoms with Crippen LogP contribution in [0.4, 0.5) is 0 Å². The quantitative estimate of drug-likeness (QED) is 0.541. The number of sulfonamides is 1. The molecule has 0 atom stereocenters. The fraction of sp³-hybridized carbons (Fsp3) is 0.458. The van der Waals surface area contributed by atoms with Crippen LogP contribution in [-0.2, 0) is 21.2 Å². The number of hydrogen-bond donors (Lipinski definition) is 1. The number of carbonyl (C=O) groups excluding carboxylic acids is 1. The van der Waals surface area contributed by atoms with Crippen molar-refractivity contribution in [3.63, 3.8) is 0 Å². The van der Waals surface area contributed by atoms with E-state index in [1.165, 1.54) is 42.5 Å². The van der Waals surface area contributed by atoms with Gasteiger partial charge in [0.1, 0.15) is 5.75 Å². The second-order valence-corrected chi connectivity index (χ2v) is 10.5. The van der Waals surface area contributed by atoms with Gasteiger partial charge in [0.15, 0.2) is 0 Å². The summed E-state index contributed by atoms with van der Waals surface area (Å²) in [6.45, 7) is -0.0383. The van der Waals surface area contributed by atoms with E-state index in [4.69, 9.17) is 16.3 Å². The number of benzene rings is 2. The zero-order valence-corrected chi connectivity index (χ0v) is 20.0. The molecule has 0 bridgehead atoms. The first-order chi connectivity index (χ1) is 15.4. The van der Waals surface area contributed by atoms with Crippen LogP contribution >= 0.6 is 11.6 Å². The molecule has 32 heavy (non-hydrogen) atoms. The van der Waals surface area contributed by atoms with Crippen molar-refractivity contribution >= 4 is 27.5 Å². The average Bonchev–Trinajstić information content (AvgIpc) is 3.05. The molecule has 8 heteroatoms. The highest BCUT2D eigenvalue weighted by molar-refractivity contribution is 7.89. The van der Waals surface area contributed by atoms with Crippen LogP contribution in [0.3, 0.4) is 0 Å². The molecule has 0 spiro atoms. The maximum Gasteiger partial charge on any atom is 0.243 e. The fourth-order valence-electron chi connectivity index (χ4n) is 4.00. The number of carbonyl (C=O) groups is 1. The zero-order chi connectivity index (χ0) is 23.0. The summed E-state index contributed by atoms with van der Waals surface area (Å²) in [6.07, 6.45) is 6.93. The Morgan fingerprint density at radius 3 is 2.41 bits per heavy atom. The third-order valence-electron chi connectivity index (χ3n) is 5.79. The lowest BCUT2D eigenvalue weighted by atomic mass is 10.1.